The molecule has 18 heavy (non-hydrogen) atoms. The highest BCUT2D eigenvalue weighted by Crippen LogP contribution is 2.45. The smallest absolute Gasteiger partial charge is 0.242 e. The van der Waals surface area contributed by atoms with E-state index in [9.17, 15) is 8.42 Å². The van der Waals surface area contributed by atoms with Gasteiger partial charge in [0.2, 0.25) is 10.0 Å². The number of benzene rings is 1. The summed E-state index contributed by atoms with van der Waals surface area (Å²) in [7, 11) is -2.10. The lowest BCUT2D eigenvalue weighted by atomic mass is 10.1. The highest BCUT2D eigenvalue weighted by atomic mass is 32.2. The second-order valence-electron chi connectivity index (χ2n) is 5.13. The number of sulfonamides is 1. The lowest BCUT2D eigenvalue weighted by Gasteiger charge is -2.15. The van der Waals surface area contributed by atoms with Crippen molar-refractivity contribution in [1.29, 1.82) is 0 Å². The maximum absolute atomic E-state index is 11.9. The molecule has 100 valence electrons. The molecule has 0 bridgehead atoms. The van der Waals surface area contributed by atoms with Crippen LogP contribution in [-0.2, 0) is 10.0 Å². The summed E-state index contributed by atoms with van der Waals surface area (Å²) in [4.78, 5) is 0.203. The van der Waals surface area contributed by atoms with E-state index >= 15 is 0 Å². The predicted molar refractivity (Wildman–Crippen MR) is 72.9 cm³/mol. The van der Waals surface area contributed by atoms with E-state index in [1.54, 1.807) is 12.1 Å². The van der Waals surface area contributed by atoms with Crippen molar-refractivity contribution in [3.63, 3.8) is 0 Å². The van der Waals surface area contributed by atoms with Crippen molar-refractivity contribution >= 4 is 21.4 Å². The van der Waals surface area contributed by atoms with Crippen LogP contribution in [0.3, 0.4) is 0 Å². The molecule has 0 heterocycles. The average Bonchev–Trinajstić information content (AvgIpc) is 3.06. The minimum absolute atomic E-state index is 0.203. The van der Waals surface area contributed by atoms with Gasteiger partial charge in [0.1, 0.15) is 4.90 Å². The summed E-state index contributed by atoms with van der Waals surface area (Å²) >= 11 is 0. The zero-order valence-corrected chi connectivity index (χ0v) is 11.5. The summed E-state index contributed by atoms with van der Waals surface area (Å²) in [5.41, 5.74) is 7.00. The molecule has 0 aromatic heterocycles. The molecule has 0 amide bonds. The monoisotopic (exact) mass is 269 g/mol. The Labute approximate surface area is 108 Å². The highest BCUT2D eigenvalue weighted by molar-refractivity contribution is 7.89. The fraction of sp³-hybridized carbons (Fsp3) is 0.500. The Morgan fingerprint density at radius 2 is 2.06 bits per heavy atom. The number of hydrogen-bond acceptors (Lipinski definition) is 4. The number of hydrogen-bond donors (Lipinski definition) is 3. The van der Waals surface area contributed by atoms with Crippen molar-refractivity contribution in [2.45, 2.75) is 24.7 Å². The number of nitrogen functional groups attached to an aromatic ring is 1. The maximum Gasteiger partial charge on any atom is 0.242 e. The molecule has 0 radical (unpaired) electrons. The molecule has 5 nitrogen and oxygen atoms in total. The number of anilines is 2. The van der Waals surface area contributed by atoms with Gasteiger partial charge in [0.05, 0.1) is 5.69 Å². The number of rotatable bonds is 5. The van der Waals surface area contributed by atoms with E-state index in [4.69, 9.17) is 5.73 Å². The van der Waals surface area contributed by atoms with Crippen molar-refractivity contribution in [2.24, 2.45) is 5.41 Å². The standard InChI is InChI=1S/C12H19N3O2S/c1-12(5-6-12)8-15-10-4-3-9(13)7-11(10)18(16,17)14-2/h3-4,7,14-15H,5-6,8,13H2,1-2H3. The van der Waals surface area contributed by atoms with E-state index in [0.717, 1.165) is 6.54 Å². The predicted octanol–water partition coefficient (Wildman–Crippen LogP) is 1.39. The van der Waals surface area contributed by atoms with Crippen molar-refractivity contribution in [1.82, 2.24) is 4.72 Å². The normalized spacial score (nSPS) is 17.4. The molecule has 0 aliphatic heterocycles. The van der Waals surface area contributed by atoms with Crippen LogP contribution < -0.4 is 15.8 Å². The molecule has 2 rings (SSSR count). The summed E-state index contributed by atoms with van der Waals surface area (Å²) in [5.74, 6) is 0. The molecule has 6 heteroatoms. The van der Waals surface area contributed by atoms with Crippen molar-refractivity contribution in [3.05, 3.63) is 18.2 Å². The third kappa shape index (κ3) is 2.76. The van der Waals surface area contributed by atoms with E-state index in [1.807, 2.05) is 0 Å². The van der Waals surface area contributed by atoms with Crippen molar-refractivity contribution in [2.75, 3.05) is 24.6 Å². The summed E-state index contributed by atoms with van der Waals surface area (Å²) in [5, 5.41) is 3.21. The van der Waals surface area contributed by atoms with E-state index in [-0.39, 0.29) is 4.90 Å². The van der Waals surface area contributed by atoms with Crippen LogP contribution in [0.25, 0.3) is 0 Å². The van der Waals surface area contributed by atoms with Gasteiger partial charge in [-0.2, -0.15) is 0 Å². The number of nitrogens with one attached hydrogen (secondary N) is 2. The van der Waals surface area contributed by atoms with Crippen LogP contribution in [-0.4, -0.2) is 22.0 Å². The molecule has 1 aliphatic carbocycles. The van der Waals surface area contributed by atoms with E-state index < -0.39 is 10.0 Å². The maximum atomic E-state index is 11.9. The molecule has 1 saturated carbocycles. The fourth-order valence-electron chi connectivity index (χ4n) is 1.72. The summed E-state index contributed by atoms with van der Waals surface area (Å²) in [6, 6.07) is 4.89. The zero-order chi connectivity index (χ0) is 13.4. The van der Waals surface area contributed by atoms with Gasteiger partial charge in [-0.05, 0) is 43.5 Å². The first-order chi connectivity index (χ1) is 8.36. The van der Waals surface area contributed by atoms with Gasteiger partial charge in [-0.15, -0.1) is 0 Å². The van der Waals surface area contributed by atoms with Crippen LogP contribution in [0.2, 0.25) is 0 Å². The molecule has 1 aromatic carbocycles. The van der Waals surface area contributed by atoms with Crippen LogP contribution in [0, 0.1) is 5.41 Å². The highest BCUT2D eigenvalue weighted by Gasteiger charge is 2.37. The molecule has 1 aliphatic rings. The molecule has 0 saturated heterocycles. The molecule has 0 atom stereocenters. The van der Waals surface area contributed by atoms with Crippen LogP contribution in [0.15, 0.2) is 23.1 Å². The lowest BCUT2D eigenvalue weighted by molar-refractivity contribution is 0.587. The second-order valence-corrected chi connectivity index (χ2v) is 6.98. The Balaban J connectivity index is 2.28. The summed E-state index contributed by atoms with van der Waals surface area (Å²) < 4.78 is 26.1. The molecular formula is C12H19N3O2S. The van der Waals surface area contributed by atoms with Crippen molar-refractivity contribution < 1.29 is 8.42 Å². The molecule has 4 N–H and O–H groups in total. The third-order valence-electron chi connectivity index (χ3n) is 3.37. The van der Waals surface area contributed by atoms with Gasteiger partial charge in [0.15, 0.2) is 0 Å². The lowest BCUT2D eigenvalue weighted by Crippen LogP contribution is -2.21. The Morgan fingerprint density at radius 3 is 2.61 bits per heavy atom. The zero-order valence-electron chi connectivity index (χ0n) is 10.7. The van der Waals surface area contributed by atoms with Gasteiger partial charge >= 0.3 is 0 Å². The Bertz CT molecular complexity index is 550. The molecule has 1 fully saturated rings. The fourth-order valence-corrected chi connectivity index (χ4v) is 2.66. The molecule has 0 unspecified atom stereocenters. The topological polar surface area (TPSA) is 84.2 Å². The summed E-state index contributed by atoms with van der Waals surface area (Å²) in [6.07, 6.45) is 2.37. The first-order valence-electron chi connectivity index (χ1n) is 5.93. The van der Waals surface area contributed by atoms with Gasteiger partial charge < -0.3 is 11.1 Å². The van der Waals surface area contributed by atoms with Crippen LogP contribution in [0.4, 0.5) is 11.4 Å². The van der Waals surface area contributed by atoms with Gasteiger partial charge in [0, 0.05) is 12.2 Å². The summed E-state index contributed by atoms with van der Waals surface area (Å²) in [6.45, 7) is 2.96. The Kier molecular flexibility index (Phi) is 3.25. The first-order valence-corrected chi connectivity index (χ1v) is 7.42. The van der Waals surface area contributed by atoms with E-state index in [1.165, 1.54) is 26.0 Å². The Hall–Kier alpha value is -1.27. The number of nitrogens with two attached hydrogens (primary N) is 1. The van der Waals surface area contributed by atoms with E-state index in [0.29, 0.717) is 16.8 Å². The van der Waals surface area contributed by atoms with E-state index in [2.05, 4.69) is 17.0 Å². The van der Waals surface area contributed by atoms with Crippen LogP contribution in [0.1, 0.15) is 19.8 Å². The van der Waals surface area contributed by atoms with Gasteiger partial charge in [-0.1, -0.05) is 6.92 Å². The van der Waals surface area contributed by atoms with Crippen LogP contribution in [0.5, 0.6) is 0 Å². The van der Waals surface area contributed by atoms with Gasteiger partial charge in [0.25, 0.3) is 0 Å². The van der Waals surface area contributed by atoms with Crippen molar-refractivity contribution in [3.8, 4) is 0 Å². The second kappa shape index (κ2) is 4.44. The minimum Gasteiger partial charge on any atom is -0.399 e. The molecule has 1 aromatic rings. The molecular weight excluding hydrogens is 250 g/mol. The third-order valence-corrected chi connectivity index (χ3v) is 4.83. The Morgan fingerprint density at radius 1 is 1.39 bits per heavy atom. The van der Waals surface area contributed by atoms with Gasteiger partial charge in [-0.25, -0.2) is 13.1 Å². The minimum atomic E-state index is -3.49. The SMILES string of the molecule is CNS(=O)(=O)c1cc(N)ccc1NCC1(C)CC1. The first kappa shape index (κ1) is 13.2. The van der Waals surface area contributed by atoms with Crippen LogP contribution >= 0.6 is 0 Å². The quantitative estimate of drug-likeness (QED) is 0.705. The molecule has 0 spiro atoms. The largest absolute Gasteiger partial charge is 0.399 e. The van der Waals surface area contributed by atoms with Gasteiger partial charge in [-0.3, -0.25) is 0 Å². The average molecular weight is 269 g/mol.